The highest BCUT2D eigenvalue weighted by atomic mass is 35.5. The Bertz CT molecular complexity index is 1230. The van der Waals surface area contributed by atoms with Crippen LogP contribution in [0.4, 0.5) is 11.6 Å². The van der Waals surface area contributed by atoms with Gasteiger partial charge >= 0.3 is 0 Å². The molecule has 1 aromatic carbocycles. The van der Waals surface area contributed by atoms with Gasteiger partial charge in [0.1, 0.15) is 5.75 Å². The summed E-state index contributed by atoms with van der Waals surface area (Å²) in [6, 6.07) is 9.08. The zero-order valence-electron chi connectivity index (χ0n) is 17.2. The van der Waals surface area contributed by atoms with Gasteiger partial charge < -0.3 is 19.9 Å². The molecule has 160 valence electrons. The molecule has 0 saturated carbocycles. The van der Waals surface area contributed by atoms with E-state index in [-0.39, 0.29) is 12.7 Å². The number of aromatic nitrogens is 3. The molecule has 0 fully saturated rings. The van der Waals surface area contributed by atoms with Crippen LogP contribution < -0.4 is 14.8 Å². The van der Waals surface area contributed by atoms with Gasteiger partial charge in [0.25, 0.3) is 0 Å². The van der Waals surface area contributed by atoms with E-state index in [9.17, 15) is 5.11 Å². The molecule has 9 heteroatoms. The lowest BCUT2D eigenvalue weighted by atomic mass is 10.1. The predicted octanol–water partition coefficient (Wildman–Crippen LogP) is 5.44. The Morgan fingerprint density at radius 1 is 1.23 bits per heavy atom. The Labute approximate surface area is 188 Å². The predicted molar refractivity (Wildman–Crippen MR) is 124 cm³/mol. The lowest BCUT2D eigenvalue weighted by molar-refractivity contribution is 0.244. The van der Waals surface area contributed by atoms with E-state index in [2.05, 4.69) is 15.3 Å². The van der Waals surface area contributed by atoms with E-state index < -0.39 is 0 Å². The van der Waals surface area contributed by atoms with Crippen molar-refractivity contribution >= 4 is 44.8 Å². The lowest BCUT2D eigenvalue weighted by Gasteiger charge is -2.15. The standard InChI is InChI=1S/C22H21ClN4O3S/c1-12(2)30-16-9-13(23)6-7-15(16)26-22-25-10-17-20(27-22)19(18(11-28)31-17)14-5-4-8-24-21(14)29-3/h4-10,12,28H,11H2,1-3H3,(H,25,26,27). The molecule has 3 aromatic heterocycles. The second-order valence-corrected chi connectivity index (χ2v) is 8.53. The van der Waals surface area contributed by atoms with Crippen molar-refractivity contribution in [2.24, 2.45) is 0 Å². The number of halogens is 1. The van der Waals surface area contributed by atoms with Crippen LogP contribution in [0.2, 0.25) is 5.02 Å². The summed E-state index contributed by atoms with van der Waals surface area (Å²) < 4.78 is 12.2. The number of anilines is 2. The van der Waals surface area contributed by atoms with E-state index in [4.69, 9.17) is 26.1 Å². The van der Waals surface area contributed by atoms with Crippen LogP contribution >= 0.6 is 22.9 Å². The first-order valence-electron chi connectivity index (χ1n) is 9.62. The quantitative estimate of drug-likeness (QED) is 0.382. The fourth-order valence-corrected chi connectivity index (χ4v) is 4.36. The van der Waals surface area contributed by atoms with Gasteiger partial charge in [0.2, 0.25) is 11.8 Å². The molecule has 3 heterocycles. The van der Waals surface area contributed by atoms with Gasteiger partial charge in [-0.3, -0.25) is 0 Å². The molecular weight excluding hydrogens is 436 g/mol. The second kappa shape index (κ2) is 9.05. The summed E-state index contributed by atoms with van der Waals surface area (Å²) in [6.07, 6.45) is 3.38. The zero-order valence-corrected chi connectivity index (χ0v) is 18.8. The Kier molecular flexibility index (Phi) is 6.22. The monoisotopic (exact) mass is 456 g/mol. The fourth-order valence-electron chi connectivity index (χ4n) is 3.20. The molecule has 0 atom stereocenters. The van der Waals surface area contributed by atoms with E-state index in [1.165, 1.54) is 11.3 Å². The third-order valence-electron chi connectivity index (χ3n) is 4.43. The van der Waals surface area contributed by atoms with Crippen LogP contribution in [0.15, 0.2) is 42.7 Å². The lowest BCUT2D eigenvalue weighted by Crippen LogP contribution is -2.08. The van der Waals surface area contributed by atoms with Crippen molar-refractivity contribution in [3.8, 4) is 22.8 Å². The maximum Gasteiger partial charge on any atom is 0.227 e. The molecule has 0 spiro atoms. The molecule has 0 radical (unpaired) electrons. The van der Waals surface area contributed by atoms with Gasteiger partial charge in [0.05, 0.1) is 41.9 Å². The number of methoxy groups -OCH3 is 1. The van der Waals surface area contributed by atoms with Crippen molar-refractivity contribution in [1.82, 2.24) is 15.0 Å². The number of thiophene rings is 1. The summed E-state index contributed by atoms with van der Waals surface area (Å²) in [5.74, 6) is 1.48. The highest BCUT2D eigenvalue weighted by molar-refractivity contribution is 7.19. The number of hydrogen-bond donors (Lipinski definition) is 2. The molecule has 0 bridgehead atoms. The molecule has 0 saturated heterocycles. The van der Waals surface area contributed by atoms with Crippen molar-refractivity contribution in [1.29, 1.82) is 0 Å². The molecule has 7 nitrogen and oxygen atoms in total. The average molecular weight is 457 g/mol. The number of rotatable bonds is 7. The van der Waals surface area contributed by atoms with E-state index in [0.717, 1.165) is 20.7 Å². The number of benzene rings is 1. The number of nitrogens with zero attached hydrogens (tertiary/aromatic N) is 3. The van der Waals surface area contributed by atoms with Crippen LogP contribution in [0, 0.1) is 0 Å². The second-order valence-electron chi connectivity index (χ2n) is 6.96. The molecule has 0 amide bonds. The molecule has 0 unspecified atom stereocenters. The summed E-state index contributed by atoms with van der Waals surface area (Å²) in [4.78, 5) is 14.2. The Morgan fingerprint density at radius 3 is 2.81 bits per heavy atom. The number of aliphatic hydroxyl groups excluding tert-OH is 1. The number of nitrogens with one attached hydrogen (secondary N) is 1. The molecule has 0 aliphatic carbocycles. The molecule has 4 aromatic rings. The highest BCUT2D eigenvalue weighted by Gasteiger charge is 2.20. The summed E-state index contributed by atoms with van der Waals surface area (Å²) in [6.45, 7) is 3.77. The van der Waals surface area contributed by atoms with Gasteiger partial charge in [0.15, 0.2) is 0 Å². The molecular formula is C22H21ClN4O3S. The first kappa shape index (κ1) is 21.3. The van der Waals surface area contributed by atoms with Gasteiger partial charge in [-0.2, -0.15) is 0 Å². The number of aliphatic hydroxyl groups is 1. The topological polar surface area (TPSA) is 89.4 Å². The van der Waals surface area contributed by atoms with Gasteiger partial charge in [-0.15, -0.1) is 11.3 Å². The Balaban J connectivity index is 1.81. The maximum absolute atomic E-state index is 9.95. The number of ether oxygens (including phenoxy) is 2. The first-order valence-corrected chi connectivity index (χ1v) is 10.8. The van der Waals surface area contributed by atoms with Gasteiger partial charge in [0, 0.05) is 33.3 Å². The van der Waals surface area contributed by atoms with Crippen LogP contribution in [0.25, 0.3) is 21.3 Å². The van der Waals surface area contributed by atoms with E-state index in [1.54, 1.807) is 31.6 Å². The van der Waals surface area contributed by atoms with Gasteiger partial charge in [-0.25, -0.2) is 15.0 Å². The van der Waals surface area contributed by atoms with Crippen LogP contribution in [0.1, 0.15) is 18.7 Å². The van der Waals surface area contributed by atoms with Crippen molar-refractivity contribution in [3.63, 3.8) is 0 Å². The Hall–Kier alpha value is -2.94. The van der Waals surface area contributed by atoms with Crippen molar-refractivity contribution in [2.75, 3.05) is 12.4 Å². The van der Waals surface area contributed by atoms with Crippen LogP contribution in [0.3, 0.4) is 0 Å². The average Bonchev–Trinajstić information content (AvgIpc) is 3.13. The van der Waals surface area contributed by atoms with Crippen LogP contribution in [-0.2, 0) is 6.61 Å². The van der Waals surface area contributed by atoms with E-state index in [0.29, 0.717) is 33.8 Å². The Morgan fingerprint density at radius 2 is 2.06 bits per heavy atom. The minimum Gasteiger partial charge on any atom is -0.489 e. The molecule has 0 aliphatic rings. The molecule has 0 aliphatic heterocycles. The van der Waals surface area contributed by atoms with Crippen LogP contribution in [0.5, 0.6) is 11.6 Å². The van der Waals surface area contributed by atoms with Gasteiger partial charge in [-0.05, 0) is 38.1 Å². The minimum absolute atomic E-state index is 0.0175. The normalized spacial score (nSPS) is 11.2. The molecule has 4 rings (SSSR count). The smallest absolute Gasteiger partial charge is 0.227 e. The minimum atomic E-state index is -0.124. The molecule has 2 N–H and O–H groups in total. The zero-order chi connectivity index (χ0) is 22.0. The summed E-state index contributed by atoms with van der Waals surface area (Å²) in [5, 5.41) is 13.8. The van der Waals surface area contributed by atoms with Crippen LogP contribution in [-0.4, -0.2) is 33.3 Å². The largest absolute Gasteiger partial charge is 0.489 e. The van der Waals surface area contributed by atoms with E-state index in [1.807, 2.05) is 32.0 Å². The van der Waals surface area contributed by atoms with Gasteiger partial charge in [-0.1, -0.05) is 11.6 Å². The third-order valence-corrected chi connectivity index (χ3v) is 5.77. The SMILES string of the molecule is COc1ncccc1-c1c(CO)sc2cnc(Nc3ccc(Cl)cc3OC(C)C)nc12. The number of pyridine rings is 1. The van der Waals surface area contributed by atoms with Crippen molar-refractivity contribution < 1.29 is 14.6 Å². The van der Waals surface area contributed by atoms with Crippen molar-refractivity contribution in [3.05, 3.63) is 52.6 Å². The van der Waals surface area contributed by atoms with Crippen molar-refractivity contribution in [2.45, 2.75) is 26.6 Å². The third kappa shape index (κ3) is 4.41. The summed E-state index contributed by atoms with van der Waals surface area (Å²) >= 11 is 7.58. The fraction of sp³-hybridized carbons (Fsp3) is 0.227. The highest BCUT2D eigenvalue weighted by Crippen LogP contribution is 2.41. The van der Waals surface area contributed by atoms with E-state index >= 15 is 0 Å². The maximum atomic E-state index is 9.95. The summed E-state index contributed by atoms with van der Waals surface area (Å²) in [7, 11) is 1.57. The first-order chi connectivity index (χ1) is 15.0. The summed E-state index contributed by atoms with van der Waals surface area (Å²) in [5.41, 5.74) is 2.96. The number of fused-ring (bicyclic) bond motifs is 1. The number of hydrogen-bond acceptors (Lipinski definition) is 8. The molecule has 31 heavy (non-hydrogen) atoms.